The van der Waals surface area contributed by atoms with Crippen molar-refractivity contribution in [2.45, 2.75) is 39.2 Å². The normalized spacial score (nSPS) is 18.0. The zero-order valence-corrected chi connectivity index (χ0v) is 14.4. The highest BCUT2D eigenvalue weighted by atomic mass is 16.5. The van der Waals surface area contributed by atoms with Gasteiger partial charge in [-0.25, -0.2) is 9.97 Å². The molecular weight excluding hydrogens is 306 g/mol. The number of methoxy groups -OCH3 is 1. The van der Waals surface area contributed by atoms with Gasteiger partial charge < -0.3 is 9.64 Å². The van der Waals surface area contributed by atoms with Gasteiger partial charge in [-0.05, 0) is 45.2 Å². The number of rotatable bonds is 4. The molecule has 1 atom stereocenters. The standard InChI is InChI=1S/C17H23N5O2/c1-11-8-13(14-9-12(2)20-21-14)19-17(18-11)15-6-4-5-7-22(15)16(23)10-24-3/h8-9,15H,4-7,10H2,1-3H3,(H,20,21)/t15-/m0/s1. The van der Waals surface area contributed by atoms with Crippen LogP contribution in [-0.2, 0) is 9.53 Å². The summed E-state index contributed by atoms with van der Waals surface area (Å²) in [6.45, 7) is 4.71. The van der Waals surface area contributed by atoms with Gasteiger partial charge in [0.05, 0.1) is 11.7 Å². The Bertz CT molecular complexity index is 728. The van der Waals surface area contributed by atoms with Crippen molar-refractivity contribution in [1.29, 1.82) is 0 Å². The first-order valence-corrected chi connectivity index (χ1v) is 8.25. The lowest BCUT2D eigenvalue weighted by Gasteiger charge is -2.34. The number of piperidine rings is 1. The van der Waals surface area contributed by atoms with E-state index in [1.54, 1.807) is 0 Å². The lowest BCUT2D eigenvalue weighted by molar-refractivity contribution is -0.139. The monoisotopic (exact) mass is 329 g/mol. The smallest absolute Gasteiger partial charge is 0.249 e. The summed E-state index contributed by atoms with van der Waals surface area (Å²) >= 11 is 0. The molecule has 2 aromatic rings. The molecule has 0 aliphatic carbocycles. The Labute approximate surface area is 141 Å². The summed E-state index contributed by atoms with van der Waals surface area (Å²) in [4.78, 5) is 23.5. The lowest BCUT2D eigenvalue weighted by atomic mass is 10.0. The van der Waals surface area contributed by atoms with E-state index in [0.717, 1.165) is 48.6 Å². The van der Waals surface area contributed by atoms with Crippen molar-refractivity contribution in [3.8, 4) is 11.4 Å². The summed E-state index contributed by atoms with van der Waals surface area (Å²) in [6.07, 6.45) is 2.94. The van der Waals surface area contributed by atoms with Crippen molar-refractivity contribution >= 4 is 5.91 Å². The molecule has 1 amide bonds. The molecule has 128 valence electrons. The summed E-state index contributed by atoms with van der Waals surface area (Å²) in [7, 11) is 1.54. The van der Waals surface area contributed by atoms with Crippen molar-refractivity contribution in [1.82, 2.24) is 25.1 Å². The van der Waals surface area contributed by atoms with Gasteiger partial charge in [-0.2, -0.15) is 5.10 Å². The van der Waals surface area contributed by atoms with E-state index in [0.29, 0.717) is 5.82 Å². The Morgan fingerprint density at radius 2 is 2.12 bits per heavy atom. The first-order valence-electron chi connectivity index (χ1n) is 8.25. The zero-order chi connectivity index (χ0) is 17.1. The van der Waals surface area contributed by atoms with Crippen LogP contribution in [0, 0.1) is 13.8 Å². The second-order valence-corrected chi connectivity index (χ2v) is 6.22. The van der Waals surface area contributed by atoms with Crippen LogP contribution in [0.3, 0.4) is 0 Å². The summed E-state index contributed by atoms with van der Waals surface area (Å²) in [5.41, 5.74) is 3.44. The first kappa shape index (κ1) is 16.6. The van der Waals surface area contributed by atoms with Gasteiger partial charge in [0, 0.05) is 25.0 Å². The molecule has 7 nitrogen and oxygen atoms in total. The van der Waals surface area contributed by atoms with Crippen LogP contribution in [0.1, 0.15) is 42.5 Å². The molecule has 0 radical (unpaired) electrons. The maximum Gasteiger partial charge on any atom is 0.249 e. The maximum absolute atomic E-state index is 12.4. The van der Waals surface area contributed by atoms with Crippen LogP contribution < -0.4 is 0 Å². The van der Waals surface area contributed by atoms with E-state index in [1.165, 1.54) is 7.11 Å². The topological polar surface area (TPSA) is 84.0 Å². The van der Waals surface area contributed by atoms with Crippen molar-refractivity contribution < 1.29 is 9.53 Å². The third-order valence-corrected chi connectivity index (χ3v) is 4.23. The second-order valence-electron chi connectivity index (χ2n) is 6.22. The summed E-state index contributed by atoms with van der Waals surface area (Å²) in [5.74, 6) is 0.680. The fourth-order valence-electron chi connectivity index (χ4n) is 3.13. The average Bonchev–Trinajstić information content (AvgIpc) is 3.01. The predicted molar refractivity (Wildman–Crippen MR) is 89.3 cm³/mol. The molecule has 2 aromatic heterocycles. The van der Waals surface area contributed by atoms with E-state index in [4.69, 9.17) is 9.72 Å². The van der Waals surface area contributed by atoms with Gasteiger partial charge in [0.15, 0.2) is 5.82 Å². The summed E-state index contributed by atoms with van der Waals surface area (Å²) < 4.78 is 5.01. The Kier molecular flexibility index (Phi) is 4.89. The van der Waals surface area contributed by atoms with Gasteiger partial charge >= 0.3 is 0 Å². The molecule has 1 fully saturated rings. The van der Waals surface area contributed by atoms with Crippen LogP contribution in [0.2, 0.25) is 0 Å². The number of hydrogen-bond donors (Lipinski definition) is 1. The van der Waals surface area contributed by atoms with Crippen LogP contribution in [0.25, 0.3) is 11.4 Å². The molecular formula is C17H23N5O2. The Hall–Kier alpha value is -2.28. The number of nitrogens with one attached hydrogen (secondary N) is 1. The van der Waals surface area contributed by atoms with Crippen molar-refractivity contribution in [3.05, 3.63) is 29.3 Å². The van der Waals surface area contributed by atoms with Crippen LogP contribution in [0.15, 0.2) is 12.1 Å². The minimum Gasteiger partial charge on any atom is -0.375 e. The minimum absolute atomic E-state index is 0.00975. The molecule has 0 saturated carbocycles. The second kappa shape index (κ2) is 7.09. The van der Waals surface area contributed by atoms with Gasteiger partial charge in [0.25, 0.3) is 0 Å². The van der Waals surface area contributed by atoms with E-state index in [-0.39, 0.29) is 18.6 Å². The molecule has 3 heterocycles. The maximum atomic E-state index is 12.4. The third-order valence-electron chi connectivity index (χ3n) is 4.23. The van der Waals surface area contributed by atoms with Crippen LogP contribution in [0.4, 0.5) is 0 Å². The van der Waals surface area contributed by atoms with Gasteiger partial charge in [0.2, 0.25) is 5.91 Å². The van der Waals surface area contributed by atoms with Gasteiger partial charge in [0.1, 0.15) is 12.3 Å². The molecule has 1 N–H and O–H groups in total. The molecule has 1 aliphatic heterocycles. The number of amides is 1. The molecule has 3 rings (SSSR count). The molecule has 0 unspecified atom stereocenters. The van der Waals surface area contributed by atoms with Gasteiger partial charge in [-0.3, -0.25) is 9.89 Å². The van der Waals surface area contributed by atoms with E-state index in [1.807, 2.05) is 30.9 Å². The Morgan fingerprint density at radius 3 is 2.83 bits per heavy atom. The van der Waals surface area contributed by atoms with E-state index in [2.05, 4.69) is 15.2 Å². The van der Waals surface area contributed by atoms with E-state index >= 15 is 0 Å². The Morgan fingerprint density at radius 1 is 1.29 bits per heavy atom. The lowest BCUT2D eigenvalue weighted by Crippen LogP contribution is -2.41. The fraction of sp³-hybridized carbons (Fsp3) is 0.529. The minimum atomic E-state index is -0.0971. The Balaban J connectivity index is 1.94. The number of carbonyl (C=O) groups excluding carboxylic acids is 1. The van der Waals surface area contributed by atoms with Crippen LogP contribution in [0.5, 0.6) is 0 Å². The summed E-state index contributed by atoms with van der Waals surface area (Å²) in [5, 5.41) is 7.22. The third kappa shape index (κ3) is 3.46. The van der Waals surface area contributed by atoms with Gasteiger partial charge in [-0.1, -0.05) is 0 Å². The van der Waals surface area contributed by atoms with Gasteiger partial charge in [-0.15, -0.1) is 0 Å². The van der Waals surface area contributed by atoms with Crippen molar-refractivity contribution in [3.63, 3.8) is 0 Å². The summed E-state index contributed by atoms with van der Waals surface area (Å²) in [6, 6.07) is 3.78. The molecule has 0 spiro atoms. The molecule has 7 heteroatoms. The molecule has 1 saturated heterocycles. The average molecular weight is 329 g/mol. The van der Waals surface area contributed by atoms with Crippen molar-refractivity contribution in [2.24, 2.45) is 0 Å². The predicted octanol–water partition coefficient (Wildman–Crippen LogP) is 2.18. The number of ether oxygens (including phenoxy) is 1. The van der Waals surface area contributed by atoms with Crippen molar-refractivity contribution in [2.75, 3.05) is 20.3 Å². The number of likely N-dealkylation sites (tertiary alicyclic amines) is 1. The van der Waals surface area contributed by atoms with Crippen LogP contribution in [-0.4, -0.2) is 51.2 Å². The highest BCUT2D eigenvalue weighted by Crippen LogP contribution is 2.30. The quantitative estimate of drug-likeness (QED) is 0.929. The first-order chi connectivity index (χ1) is 11.6. The SMILES string of the molecule is COCC(=O)N1CCCC[C@H]1c1nc(C)cc(-c2cc(C)[nH]n2)n1. The molecule has 0 bridgehead atoms. The number of carbonyl (C=O) groups is 1. The zero-order valence-electron chi connectivity index (χ0n) is 14.4. The van der Waals surface area contributed by atoms with E-state index < -0.39 is 0 Å². The van der Waals surface area contributed by atoms with E-state index in [9.17, 15) is 4.79 Å². The number of aryl methyl sites for hydroxylation is 2. The molecule has 24 heavy (non-hydrogen) atoms. The molecule has 1 aliphatic rings. The van der Waals surface area contributed by atoms with Crippen LogP contribution >= 0.6 is 0 Å². The number of aromatic nitrogens is 4. The number of nitrogens with zero attached hydrogens (tertiary/aromatic N) is 4. The molecule has 0 aromatic carbocycles. The number of aromatic amines is 1. The highest BCUT2D eigenvalue weighted by molar-refractivity contribution is 5.78. The highest BCUT2D eigenvalue weighted by Gasteiger charge is 2.30. The number of H-pyrrole nitrogens is 1. The fourth-order valence-corrected chi connectivity index (χ4v) is 3.13. The largest absolute Gasteiger partial charge is 0.375 e. The number of hydrogen-bond acceptors (Lipinski definition) is 5.